The lowest BCUT2D eigenvalue weighted by Gasteiger charge is -2.25. The Bertz CT molecular complexity index is 704. The van der Waals surface area contributed by atoms with Gasteiger partial charge in [0, 0.05) is 21.7 Å². The summed E-state index contributed by atoms with van der Waals surface area (Å²) in [6, 6.07) is 5.51. The quantitative estimate of drug-likeness (QED) is 0.775. The predicted molar refractivity (Wildman–Crippen MR) is 89.4 cm³/mol. The molecule has 2 aromatic rings. The summed E-state index contributed by atoms with van der Waals surface area (Å²) in [6.45, 7) is 2.23. The zero-order chi connectivity index (χ0) is 14.8. The van der Waals surface area contributed by atoms with Crippen LogP contribution in [0.4, 0.5) is 0 Å². The number of nitrogens with one attached hydrogen (secondary N) is 1. The van der Waals surface area contributed by atoms with Crippen LogP contribution >= 0.6 is 11.6 Å². The van der Waals surface area contributed by atoms with Gasteiger partial charge in [0.1, 0.15) is 0 Å². The van der Waals surface area contributed by atoms with Crippen LogP contribution in [0.5, 0.6) is 0 Å². The smallest absolute Gasteiger partial charge is 0.192 e. The molecule has 0 radical (unpaired) electrons. The van der Waals surface area contributed by atoms with Crippen molar-refractivity contribution in [2.45, 2.75) is 57.8 Å². The molecule has 21 heavy (non-hydrogen) atoms. The highest BCUT2D eigenvalue weighted by Gasteiger charge is 2.23. The van der Waals surface area contributed by atoms with Gasteiger partial charge in [0.05, 0.1) is 5.52 Å². The standard InChI is InChI=1S/C18H22ClNO/c1-2-3-4-6-12-7-5-8-15-17(12)20-16-11-13(19)9-10-14(16)18(15)21/h9-12H,2-8H2,1H3,(H,20,21)/t12-/m1/s1. The number of H-pyrrole nitrogens is 1. The molecule has 2 nitrogen and oxygen atoms in total. The molecular formula is C18H22ClNO. The lowest BCUT2D eigenvalue weighted by Crippen LogP contribution is -2.21. The monoisotopic (exact) mass is 303 g/mol. The number of hydrogen-bond acceptors (Lipinski definition) is 1. The van der Waals surface area contributed by atoms with Gasteiger partial charge >= 0.3 is 0 Å². The molecule has 0 spiro atoms. The molecule has 1 heterocycles. The zero-order valence-electron chi connectivity index (χ0n) is 12.5. The molecule has 1 N–H and O–H groups in total. The van der Waals surface area contributed by atoms with E-state index >= 15 is 0 Å². The minimum absolute atomic E-state index is 0.204. The average Bonchev–Trinajstić information content (AvgIpc) is 2.48. The number of hydrogen-bond donors (Lipinski definition) is 1. The molecule has 0 fully saturated rings. The summed E-state index contributed by atoms with van der Waals surface area (Å²) < 4.78 is 0. The molecule has 0 amide bonds. The van der Waals surface area contributed by atoms with Gasteiger partial charge in [-0.1, -0.05) is 37.8 Å². The summed E-state index contributed by atoms with van der Waals surface area (Å²) in [5.74, 6) is 0.511. The molecule has 0 aliphatic heterocycles. The summed E-state index contributed by atoms with van der Waals surface area (Å²) in [5, 5.41) is 1.45. The fraction of sp³-hybridized carbons (Fsp3) is 0.500. The van der Waals surface area contributed by atoms with E-state index in [-0.39, 0.29) is 5.43 Å². The number of aromatic amines is 1. The maximum atomic E-state index is 12.7. The first kappa shape index (κ1) is 14.6. The largest absolute Gasteiger partial charge is 0.358 e. The number of fused-ring (bicyclic) bond motifs is 2. The van der Waals surface area contributed by atoms with Gasteiger partial charge in [-0.15, -0.1) is 0 Å². The molecule has 1 aliphatic carbocycles. The lowest BCUT2D eigenvalue weighted by molar-refractivity contribution is 0.482. The SMILES string of the molecule is CCCCC[C@@H]1CCCc2c1[nH]c1cc(Cl)ccc1c2=O. The van der Waals surface area contributed by atoms with Gasteiger partial charge in [0.2, 0.25) is 0 Å². The number of unbranched alkanes of at least 4 members (excludes halogenated alkanes) is 2. The molecule has 1 atom stereocenters. The second kappa shape index (κ2) is 6.23. The maximum Gasteiger partial charge on any atom is 0.192 e. The van der Waals surface area contributed by atoms with Gasteiger partial charge in [-0.3, -0.25) is 4.79 Å². The molecule has 1 aromatic carbocycles. The third kappa shape index (κ3) is 2.87. The van der Waals surface area contributed by atoms with Crippen LogP contribution in [-0.4, -0.2) is 4.98 Å². The van der Waals surface area contributed by atoms with E-state index in [1.165, 1.54) is 37.8 Å². The van der Waals surface area contributed by atoms with Gasteiger partial charge in [0.25, 0.3) is 0 Å². The second-order valence-corrected chi connectivity index (χ2v) is 6.56. The van der Waals surface area contributed by atoms with Crippen molar-refractivity contribution in [3.05, 3.63) is 44.7 Å². The third-order valence-electron chi connectivity index (χ3n) is 4.64. The van der Waals surface area contributed by atoms with Crippen molar-refractivity contribution in [1.29, 1.82) is 0 Å². The first-order valence-corrected chi connectivity index (χ1v) is 8.42. The maximum absolute atomic E-state index is 12.7. The predicted octanol–water partition coefficient (Wildman–Crippen LogP) is 5.18. The van der Waals surface area contributed by atoms with E-state index in [2.05, 4.69) is 11.9 Å². The zero-order valence-corrected chi connectivity index (χ0v) is 13.3. The van der Waals surface area contributed by atoms with Crippen molar-refractivity contribution in [1.82, 2.24) is 4.98 Å². The van der Waals surface area contributed by atoms with Crippen molar-refractivity contribution in [3.8, 4) is 0 Å². The van der Waals surface area contributed by atoms with Crippen LogP contribution in [0.2, 0.25) is 5.02 Å². The highest BCUT2D eigenvalue weighted by atomic mass is 35.5. The molecule has 112 valence electrons. The Labute approximate surface area is 130 Å². The topological polar surface area (TPSA) is 32.9 Å². The Hall–Kier alpha value is -1.28. The average molecular weight is 304 g/mol. The number of benzene rings is 1. The summed E-state index contributed by atoms with van der Waals surface area (Å²) >= 11 is 6.07. The number of rotatable bonds is 4. The minimum Gasteiger partial charge on any atom is -0.358 e. The lowest BCUT2D eigenvalue weighted by atomic mass is 9.82. The van der Waals surface area contributed by atoms with Crippen molar-refractivity contribution >= 4 is 22.5 Å². The molecule has 1 aliphatic rings. The summed E-state index contributed by atoms with van der Waals surface area (Å²) in [7, 11) is 0. The first-order chi connectivity index (χ1) is 10.2. The van der Waals surface area contributed by atoms with Crippen molar-refractivity contribution in [3.63, 3.8) is 0 Å². The molecule has 1 aromatic heterocycles. The molecular weight excluding hydrogens is 282 g/mol. The summed E-state index contributed by atoms with van der Waals surface area (Å²) in [5.41, 5.74) is 3.28. The van der Waals surface area contributed by atoms with Gasteiger partial charge in [-0.2, -0.15) is 0 Å². The summed E-state index contributed by atoms with van der Waals surface area (Å²) in [4.78, 5) is 16.2. The first-order valence-electron chi connectivity index (χ1n) is 8.05. The normalized spacial score (nSPS) is 17.9. The number of aromatic nitrogens is 1. The van der Waals surface area contributed by atoms with Crippen LogP contribution in [0.1, 0.15) is 62.6 Å². The number of halogens is 1. The van der Waals surface area contributed by atoms with Crippen molar-refractivity contribution < 1.29 is 0 Å². The Morgan fingerprint density at radius 1 is 1.33 bits per heavy atom. The van der Waals surface area contributed by atoms with E-state index in [4.69, 9.17) is 11.6 Å². The van der Waals surface area contributed by atoms with Crippen molar-refractivity contribution in [2.24, 2.45) is 0 Å². The Morgan fingerprint density at radius 3 is 3.00 bits per heavy atom. The molecule has 0 saturated heterocycles. The van der Waals surface area contributed by atoms with Crippen LogP contribution in [0.25, 0.3) is 10.9 Å². The Kier molecular flexibility index (Phi) is 4.34. The van der Waals surface area contributed by atoms with E-state index < -0.39 is 0 Å². The third-order valence-corrected chi connectivity index (χ3v) is 4.87. The molecule has 0 unspecified atom stereocenters. The van der Waals surface area contributed by atoms with Gasteiger partial charge in [-0.05, 0) is 49.8 Å². The van der Waals surface area contributed by atoms with Gasteiger partial charge < -0.3 is 4.98 Å². The van der Waals surface area contributed by atoms with Crippen molar-refractivity contribution in [2.75, 3.05) is 0 Å². The Morgan fingerprint density at radius 2 is 2.19 bits per heavy atom. The highest BCUT2D eigenvalue weighted by Crippen LogP contribution is 2.34. The minimum atomic E-state index is 0.204. The van der Waals surface area contributed by atoms with Crippen LogP contribution < -0.4 is 5.43 Å². The molecule has 3 rings (SSSR count). The number of pyridine rings is 1. The highest BCUT2D eigenvalue weighted by molar-refractivity contribution is 6.31. The van der Waals surface area contributed by atoms with Gasteiger partial charge in [-0.25, -0.2) is 0 Å². The van der Waals surface area contributed by atoms with E-state index in [9.17, 15) is 4.79 Å². The molecule has 0 bridgehead atoms. The van der Waals surface area contributed by atoms with Crippen LogP contribution in [0.3, 0.4) is 0 Å². The van der Waals surface area contributed by atoms with Crippen LogP contribution in [0, 0.1) is 0 Å². The van der Waals surface area contributed by atoms with E-state index in [0.717, 1.165) is 29.3 Å². The Balaban J connectivity index is 2.05. The summed E-state index contributed by atoms with van der Waals surface area (Å²) in [6.07, 6.45) is 8.18. The van der Waals surface area contributed by atoms with E-state index in [1.807, 2.05) is 12.1 Å². The second-order valence-electron chi connectivity index (χ2n) is 6.12. The fourth-order valence-corrected chi connectivity index (χ4v) is 3.69. The van der Waals surface area contributed by atoms with E-state index in [1.54, 1.807) is 6.07 Å². The van der Waals surface area contributed by atoms with Gasteiger partial charge in [0.15, 0.2) is 5.43 Å². The van der Waals surface area contributed by atoms with E-state index in [0.29, 0.717) is 10.9 Å². The van der Waals surface area contributed by atoms with Crippen LogP contribution in [0.15, 0.2) is 23.0 Å². The fourth-order valence-electron chi connectivity index (χ4n) is 3.52. The molecule has 3 heteroatoms. The van der Waals surface area contributed by atoms with Crippen LogP contribution in [-0.2, 0) is 6.42 Å². The molecule has 0 saturated carbocycles.